The summed E-state index contributed by atoms with van der Waals surface area (Å²) in [5.41, 5.74) is 8.52. The van der Waals surface area contributed by atoms with Crippen LogP contribution in [0.1, 0.15) is 31.9 Å². The first-order valence-electron chi connectivity index (χ1n) is 6.68. The first kappa shape index (κ1) is 16.5. The van der Waals surface area contributed by atoms with Crippen molar-refractivity contribution in [1.82, 2.24) is 0 Å². The molecule has 20 heavy (non-hydrogen) atoms. The number of hydrogen-bond acceptors (Lipinski definition) is 2. The van der Waals surface area contributed by atoms with Gasteiger partial charge in [0.2, 0.25) is 0 Å². The molecular weight excluding hydrogens is 270 g/mol. The fourth-order valence-corrected chi connectivity index (χ4v) is 2.42. The molecule has 0 spiro atoms. The van der Waals surface area contributed by atoms with E-state index in [0.29, 0.717) is 6.61 Å². The third-order valence-electron chi connectivity index (χ3n) is 3.17. The first-order chi connectivity index (χ1) is 9.13. The molecule has 0 bridgehead atoms. The minimum Gasteiger partial charge on any atom is -0.494 e. The summed E-state index contributed by atoms with van der Waals surface area (Å²) in [4.78, 5) is 0. The highest BCUT2D eigenvalue weighted by atomic mass is 35.5. The van der Waals surface area contributed by atoms with E-state index in [4.69, 9.17) is 10.5 Å². The number of fused-ring (bicyclic) bond motifs is 1. The van der Waals surface area contributed by atoms with Gasteiger partial charge in [0.1, 0.15) is 5.75 Å². The second kappa shape index (κ2) is 7.32. The maximum Gasteiger partial charge on any atom is 0.124 e. The minimum absolute atomic E-state index is 0. The molecule has 0 fully saturated rings. The largest absolute Gasteiger partial charge is 0.494 e. The van der Waals surface area contributed by atoms with Crippen LogP contribution < -0.4 is 10.5 Å². The molecule has 0 saturated carbocycles. The van der Waals surface area contributed by atoms with Gasteiger partial charge >= 0.3 is 0 Å². The summed E-state index contributed by atoms with van der Waals surface area (Å²) >= 11 is 0. The molecule has 1 atom stereocenters. The van der Waals surface area contributed by atoms with E-state index >= 15 is 0 Å². The molecule has 2 rings (SSSR count). The SMILES string of the molecule is C=C(C)C[C@@H](N)c1c(OCC)ccc2ccccc12.Cl. The molecule has 2 aromatic rings. The monoisotopic (exact) mass is 291 g/mol. The lowest BCUT2D eigenvalue weighted by atomic mass is 9.94. The maximum absolute atomic E-state index is 6.35. The van der Waals surface area contributed by atoms with Crippen LogP contribution in [-0.4, -0.2) is 6.61 Å². The van der Waals surface area contributed by atoms with Crippen LogP contribution in [0.4, 0.5) is 0 Å². The van der Waals surface area contributed by atoms with Crippen LogP contribution in [0.15, 0.2) is 48.6 Å². The number of nitrogens with two attached hydrogens (primary N) is 1. The maximum atomic E-state index is 6.35. The second-order valence-electron chi connectivity index (χ2n) is 4.90. The Balaban J connectivity index is 0.00000200. The predicted molar refractivity (Wildman–Crippen MR) is 88.7 cm³/mol. The van der Waals surface area contributed by atoms with Gasteiger partial charge in [-0.15, -0.1) is 19.0 Å². The van der Waals surface area contributed by atoms with Crippen molar-refractivity contribution in [3.63, 3.8) is 0 Å². The van der Waals surface area contributed by atoms with Gasteiger partial charge in [-0.3, -0.25) is 0 Å². The lowest BCUT2D eigenvalue weighted by molar-refractivity contribution is 0.335. The summed E-state index contributed by atoms with van der Waals surface area (Å²) in [7, 11) is 0. The van der Waals surface area contributed by atoms with Gasteiger partial charge in [-0.2, -0.15) is 0 Å². The third kappa shape index (κ3) is 3.53. The summed E-state index contributed by atoms with van der Waals surface area (Å²) in [6.07, 6.45) is 0.772. The van der Waals surface area contributed by atoms with Crippen LogP contribution in [0.2, 0.25) is 0 Å². The van der Waals surface area contributed by atoms with E-state index in [-0.39, 0.29) is 18.4 Å². The molecule has 0 saturated heterocycles. The molecule has 0 aliphatic rings. The van der Waals surface area contributed by atoms with E-state index in [9.17, 15) is 0 Å². The van der Waals surface area contributed by atoms with E-state index in [2.05, 4.69) is 24.8 Å². The van der Waals surface area contributed by atoms with Crippen molar-refractivity contribution in [3.05, 3.63) is 54.1 Å². The smallest absolute Gasteiger partial charge is 0.124 e. The summed E-state index contributed by atoms with van der Waals surface area (Å²) < 4.78 is 5.74. The first-order valence-corrected chi connectivity index (χ1v) is 6.68. The van der Waals surface area contributed by atoms with Crippen molar-refractivity contribution < 1.29 is 4.74 Å². The van der Waals surface area contributed by atoms with Crippen LogP contribution in [0.5, 0.6) is 5.75 Å². The fourth-order valence-electron chi connectivity index (χ4n) is 2.42. The molecular formula is C17H22ClNO. The second-order valence-corrected chi connectivity index (χ2v) is 4.90. The average Bonchev–Trinajstić information content (AvgIpc) is 2.37. The molecule has 0 heterocycles. The van der Waals surface area contributed by atoms with Crippen LogP contribution in [0.25, 0.3) is 10.8 Å². The van der Waals surface area contributed by atoms with Crippen molar-refractivity contribution in [1.29, 1.82) is 0 Å². The Labute approximate surface area is 127 Å². The Bertz CT molecular complexity index is 595. The molecule has 108 valence electrons. The van der Waals surface area contributed by atoms with Gasteiger partial charge in [0.25, 0.3) is 0 Å². The highest BCUT2D eigenvalue weighted by Crippen LogP contribution is 2.34. The molecule has 0 aliphatic heterocycles. The van der Waals surface area contributed by atoms with Gasteiger partial charge in [0, 0.05) is 11.6 Å². The summed E-state index contributed by atoms with van der Waals surface area (Å²) in [6, 6.07) is 12.3. The van der Waals surface area contributed by atoms with E-state index in [1.807, 2.05) is 32.0 Å². The number of ether oxygens (including phenoxy) is 1. The number of hydrogen-bond donors (Lipinski definition) is 1. The molecule has 3 heteroatoms. The van der Waals surface area contributed by atoms with E-state index in [0.717, 1.165) is 23.3 Å². The molecule has 0 radical (unpaired) electrons. The molecule has 2 nitrogen and oxygen atoms in total. The number of rotatable bonds is 5. The van der Waals surface area contributed by atoms with Gasteiger partial charge in [0.15, 0.2) is 0 Å². The van der Waals surface area contributed by atoms with Crippen LogP contribution in [0, 0.1) is 0 Å². The molecule has 0 aromatic heterocycles. The number of halogens is 1. The van der Waals surface area contributed by atoms with Crippen LogP contribution in [0.3, 0.4) is 0 Å². The topological polar surface area (TPSA) is 35.2 Å². The van der Waals surface area contributed by atoms with Crippen LogP contribution >= 0.6 is 12.4 Å². The third-order valence-corrected chi connectivity index (χ3v) is 3.17. The van der Waals surface area contributed by atoms with Crippen molar-refractivity contribution in [2.45, 2.75) is 26.3 Å². The fraction of sp³-hybridized carbons (Fsp3) is 0.294. The Morgan fingerprint density at radius 1 is 1.25 bits per heavy atom. The van der Waals surface area contributed by atoms with Crippen molar-refractivity contribution >= 4 is 23.2 Å². The van der Waals surface area contributed by atoms with Gasteiger partial charge in [-0.25, -0.2) is 0 Å². The molecule has 2 aromatic carbocycles. The van der Waals surface area contributed by atoms with Crippen molar-refractivity contribution in [2.24, 2.45) is 5.73 Å². The highest BCUT2D eigenvalue weighted by molar-refractivity contribution is 5.88. The molecule has 0 amide bonds. The van der Waals surface area contributed by atoms with Gasteiger partial charge in [-0.05, 0) is 37.1 Å². The Morgan fingerprint density at radius 2 is 1.95 bits per heavy atom. The Hall–Kier alpha value is -1.51. The van der Waals surface area contributed by atoms with Crippen molar-refractivity contribution in [3.8, 4) is 5.75 Å². The zero-order valence-electron chi connectivity index (χ0n) is 12.1. The lowest BCUT2D eigenvalue weighted by Gasteiger charge is -2.19. The summed E-state index contributed by atoms with van der Waals surface area (Å²) in [5, 5.41) is 2.36. The summed E-state index contributed by atoms with van der Waals surface area (Å²) in [6.45, 7) is 8.59. The van der Waals surface area contributed by atoms with Gasteiger partial charge in [0.05, 0.1) is 6.61 Å². The standard InChI is InChI=1S/C17H21NO.ClH/c1-4-19-16-10-9-13-7-5-6-8-14(13)17(16)15(18)11-12(2)3;/h5-10,15H,2,4,11,18H2,1,3H3;1H/t15-;/m1./s1. The Kier molecular flexibility index (Phi) is 6.05. The van der Waals surface area contributed by atoms with E-state index < -0.39 is 0 Å². The Morgan fingerprint density at radius 3 is 2.60 bits per heavy atom. The van der Waals surface area contributed by atoms with Gasteiger partial charge in [-0.1, -0.05) is 35.9 Å². The minimum atomic E-state index is -0.0786. The number of benzene rings is 2. The normalized spacial score (nSPS) is 11.8. The predicted octanol–water partition coefficient (Wildman–Crippen LogP) is 4.63. The molecule has 2 N–H and O–H groups in total. The van der Waals surface area contributed by atoms with Crippen LogP contribution in [-0.2, 0) is 0 Å². The summed E-state index contributed by atoms with van der Waals surface area (Å²) in [5.74, 6) is 0.884. The average molecular weight is 292 g/mol. The zero-order valence-corrected chi connectivity index (χ0v) is 12.9. The van der Waals surface area contributed by atoms with E-state index in [1.165, 1.54) is 10.8 Å². The molecule has 0 aliphatic carbocycles. The zero-order chi connectivity index (χ0) is 13.8. The molecule has 0 unspecified atom stereocenters. The van der Waals surface area contributed by atoms with E-state index in [1.54, 1.807) is 0 Å². The van der Waals surface area contributed by atoms with Crippen molar-refractivity contribution in [2.75, 3.05) is 6.61 Å². The van der Waals surface area contributed by atoms with Gasteiger partial charge < -0.3 is 10.5 Å². The quantitative estimate of drug-likeness (QED) is 0.815. The lowest BCUT2D eigenvalue weighted by Crippen LogP contribution is -2.13. The highest BCUT2D eigenvalue weighted by Gasteiger charge is 2.15.